The minimum atomic E-state index is -4.81. The third-order valence-electron chi connectivity index (χ3n) is 3.60. The first kappa shape index (κ1) is 15.5. The van der Waals surface area contributed by atoms with Crippen molar-refractivity contribution in [1.29, 1.82) is 0 Å². The Labute approximate surface area is 120 Å². The van der Waals surface area contributed by atoms with E-state index < -0.39 is 17.7 Å². The number of nitrogen functional groups attached to an aromatic ring is 1. The van der Waals surface area contributed by atoms with Crippen LogP contribution in [0, 0.1) is 0 Å². The number of nitrogens with zero attached hydrogens (tertiary/aromatic N) is 1. The molecule has 1 aliphatic heterocycles. The van der Waals surface area contributed by atoms with Crippen molar-refractivity contribution in [3.63, 3.8) is 0 Å². The fraction of sp³-hybridized carbons (Fsp3) is 0.500. The first-order valence-corrected chi connectivity index (χ1v) is 6.60. The molecule has 0 aromatic heterocycles. The maximum Gasteiger partial charge on any atom is 0.471 e. The van der Waals surface area contributed by atoms with Gasteiger partial charge in [0.15, 0.2) is 0 Å². The topological polar surface area (TPSA) is 55.6 Å². The summed E-state index contributed by atoms with van der Waals surface area (Å²) in [6.07, 6.45) is -4.12. The van der Waals surface area contributed by atoms with Crippen LogP contribution in [-0.4, -0.2) is 35.7 Å². The SMILES string of the molecule is CC1(Oc2ccc(N)cc2)CCN(C(=O)C(F)(F)F)CC1. The van der Waals surface area contributed by atoms with Crippen LogP contribution in [0.1, 0.15) is 19.8 Å². The molecule has 0 bridgehead atoms. The van der Waals surface area contributed by atoms with Gasteiger partial charge in [0, 0.05) is 31.6 Å². The van der Waals surface area contributed by atoms with E-state index in [1.54, 1.807) is 24.3 Å². The molecular formula is C14H17F3N2O2. The van der Waals surface area contributed by atoms with Crippen molar-refractivity contribution in [3.8, 4) is 5.75 Å². The molecule has 1 heterocycles. The molecule has 0 spiro atoms. The van der Waals surface area contributed by atoms with E-state index in [0.29, 0.717) is 24.3 Å². The van der Waals surface area contributed by atoms with Gasteiger partial charge in [-0.1, -0.05) is 0 Å². The predicted molar refractivity (Wildman–Crippen MR) is 71.8 cm³/mol. The number of alkyl halides is 3. The zero-order valence-corrected chi connectivity index (χ0v) is 11.6. The van der Waals surface area contributed by atoms with Crippen LogP contribution >= 0.6 is 0 Å². The molecular weight excluding hydrogens is 285 g/mol. The van der Waals surface area contributed by atoms with Crippen molar-refractivity contribution in [2.24, 2.45) is 0 Å². The third-order valence-corrected chi connectivity index (χ3v) is 3.60. The van der Waals surface area contributed by atoms with Gasteiger partial charge in [-0.15, -0.1) is 0 Å². The number of carbonyl (C=O) groups excluding carboxylic acids is 1. The first-order chi connectivity index (χ1) is 9.70. The van der Waals surface area contributed by atoms with Gasteiger partial charge in [-0.3, -0.25) is 4.79 Å². The third kappa shape index (κ3) is 3.80. The summed E-state index contributed by atoms with van der Waals surface area (Å²) in [5.74, 6) is -1.17. The van der Waals surface area contributed by atoms with E-state index in [4.69, 9.17) is 10.5 Å². The maximum absolute atomic E-state index is 12.4. The number of ether oxygens (including phenoxy) is 1. The second kappa shape index (κ2) is 5.46. The zero-order chi connectivity index (χ0) is 15.7. The lowest BCUT2D eigenvalue weighted by Crippen LogP contribution is -2.51. The second-order valence-electron chi connectivity index (χ2n) is 5.41. The van der Waals surface area contributed by atoms with Crippen LogP contribution in [0.25, 0.3) is 0 Å². The normalized spacial score (nSPS) is 18.4. The Morgan fingerprint density at radius 1 is 1.24 bits per heavy atom. The molecule has 0 saturated carbocycles. The Hall–Kier alpha value is -1.92. The molecule has 2 rings (SSSR count). The Kier molecular flexibility index (Phi) is 4.02. The van der Waals surface area contributed by atoms with Crippen molar-refractivity contribution >= 4 is 11.6 Å². The Morgan fingerprint density at radius 3 is 2.24 bits per heavy atom. The molecule has 116 valence electrons. The number of likely N-dealkylation sites (tertiary alicyclic amines) is 1. The number of rotatable bonds is 2. The van der Waals surface area contributed by atoms with Crippen LogP contribution in [0.3, 0.4) is 0 Å². The molecule has 1 aromatic rings. The first-order valence-electron chi connectivity index (χ1n) is 6.60. The van der Waals surface area contributed by atoms with E-state index in [1.807, 2.05) is 6.92 Å². The minimum absolute atomic E-state index is 0.0316. The number of anilines is 1. The van der Waals surface area contributed by atoms with Gasteiger partial charge in [0.05, 0.1) is 0 Å². The van der Waals surface area contributed by atoms with Crippen LogP contribution < -0.4 is 10.5 Å². The summed E-state index contributed by atoms with van der Waals surface area (Å²) in [4.78, 5) is 12.0. The van der Waals surface area contributed by atoms with Gasteiger partial charge >= 0.3 is 12.1 Å². The van der Waals surface area contributed by atoms with Crippen LogP contribution in [0.15, 0.2) is 24.3 Å². The highest BCUT2D eigenvalue weighted by atomic mass is 19.4. The lowest BCUT2D eigenvalue weighted by Gasteiger charge is -2.39. The van der Waals surface area contributed by atoms with Gasteiger partial charge in [-0.25, -0.2) is 0 Å². The van der Waals surface area contributed by atoms with Crippen LogP contribution in [0.5, 0.6) is 5.75 Å². The molecule has 0 radical (unpaired) electrons. The smallest absolute Gasteiger partial charge is 0.471 e. The molecule has 0 unspecified atom stereocenters. The van der Waals surface area contributed by atoms with E-state index >= 15 is 0 Å². The molecule has 4 nitrogen and oxygen atoms in total. The quantitative estimate of drug-likeness (QED) is 0.854. The monoisotopic (exact) mass is 302 g/mol. The Balaban J connectivity index is 1.96. The van der Waals surface area contributed by atoms with E-state index in [1.165, 1.54) is 0 Å². The number of nitrogens with two attached hydrogens (primary N) is 1. The van der Waals surface area contributed by atoms with Gasteiger partial charge in [-0.05, 0) is 31.2 Å². The number of amides is 1. The number of carbonyl (C=O) groups is 1. The average molecular weight is 302 g/mol. The van der Waals surface area contributed by atoms with Crippen molar-refractivity contribution in [3.05, 3.63) is 24.3 Å². The van der Waals surface area contributed by atoms with Crippen LogP contribution in [0.2, 0.25) is 0 Å². The summed E-state index contributed by atoms with van der Waals surface area (Å²) in [5.41, 5.74) is 5.60. The Morgan fingerprint density at radius 2 is 1.76 bits per heavy atom. The summed E-state index contributed by atoms with van der Waals surface area (Å²) in [7, 11) is 0. The fourth-order valence-electron chi connectivity index (χ4n) is 2.28. The molecule has 2 N–H and O–H groups in total. The summed E-state index contributed by atoms with van der Waals surface area (Å²) in [6, 6.07) is 6.82. The Bertz CT molecular complexity index is 506. The summed E-state index contributed by atoms with van der Waals surface area (Å²) >= 11 is 0. The number of hydrogen-bond acceptors (Lipinski definition) is 3. The summed E-state index contributed by atoms with van der Waals surface area (Å²) in [5, 5.41) is 0. The van der Waals surface area contributed by atoms with E-state index in [2.05, 4.69) is 0 Å². The van der Waals surface area contributed by atoms with E-state index in [-0.39, 0.29) is 13.1 Å². The molecule has 1 fully saturated rings. The highest BCUT2D eigenvalue weighted by Gasteiger charge is 2.45. The van der Waals surface area contributed by atoms with Gasteiger partial charge in [0.2, 0.25) is 0 Å². The molecule has 0 atom stereocenters. The van der Waals surface area contributed by atoms with E-state index in [9.17, 15) is 18.0 Å². The molecule has 21 heavy (non-hydrogen) atoms. The molecule has 1 aromatic carbocycles. The van der Waals surface area contributed by atoms with Gasteiger partial charge in [-0.2, -0.15) is 13.2 Å². The molecule has 0 aliphatic carbocycles. The number of piperidine rings is 1. The van der Waals surface area contributed by atoms with Gasteiger partial charge in [0.25, 0.3) is 0 Å². The summed E-state index contributed by atoms with van der Waals surface area (Å²) < 4.78 is 43.0. The predicted octanol–water partition coefficient (Wildman–Crippen LogP) is 2.59. The molecule has 7 heteroatoms. The standard InChI is InChI=1S/C14H17F3N2O2/c1-13(21-11-4-2-10(18)3-5-11)6-8-19(9-7-13)12(20)14(15,16)17/h2-5H,6-9,18H2,1H3. The highest BCUT2D eigenvalue weighted by Crippen LogP contribution is 2.30. The van der Waals surface area contributed by atoms with Crippen molar-refractivity contribution in [2.45, 2.75) is 31.5 Å². The molecule has 1 saturated heterocycles. The lowest BCUT2D eigenvalue weighted by atomic mass is 9.93. The van der Waals surface area contributed by atoms with Crippen LogP contribution in [-0.2, 0) is 4.79 Å². The zero-order valence-electron chi connectivity index (χ0n) is 11.6. The number of halogens is 3. The lowest BCUT2D eigenvalue weighted by molar-refractivity contribution is -0.188. The van der Waals surface area contributed by atoms with Crippen molar-refractivity contribution in [1.82, 2.24) is 4.90 Å². The van der Waals surface area contributed by atoms with Crippen molar-refractivity contribution in [2.75, 3.05) is 18.8 Å². The van der Waals surface area contributed by atoms with Gasteiger partial charge in [0.1, 0.15) is 11.4 Å². The number of benzene rings is 1. The van der Waals surface area contributed by atoms with E-state index in [0.717, 1.165) is 4.90 Å². The largest absolute Gasteiger partial charge is 0.487 e. The molecule has 1 aliphatic rings. The maximum atomic E-state index is 12.4. The minimum Gasteiger partial charge on any atom is -0.487 e. The van der Waals surface area contributed by atoms with Crippen molar-refractivity contribution < 1.29 is 22.7 Å². The molecule has 1 amide bonds. The average Bonchev–Trinajstić information content (AvgIpc) is 2.40. The number of hydrogen-bond donors (Lipinski definition) is 1. The second-order valence-corrected chi connectivity index (χ2v) is 5.41. The fourth-order valence-corrected chi connectivity index (χ4v) is 2.28. The van der Waals surface area contributed by atoms with Crippen LogP contribution in [0.4, 0.5) is 18.9 Å². The summed E-state index contributed by atoms with van der Waals surface area (Å²) in [6.45, 7) is 1.90. The highest BCUT2D eigenvalue weighted by molar-refractivity contribution is 5.81. The van der Waals surface area contributed by atoms with Gasteiger partial charge < -0.3 is 15.4 Å².